The predicted molar refractivity (Wildman–Crippen MR) is 187 cm³/mol. The molecule has 3 heteroatoms. The lowest BCUT2D eigenvalue weighted by Gasteiger charge is -2.51. The molecule has 6 aliphatic carbocycles. The van der Waals surface area contributed by atoms with Gasteiger partial charge in [-0.2, -0.15) is 0 Å². The molecule has 6 saturated carbocycles. The van der Waals surface area contributed by atoms with Crippen molar-refractivity contribution >= 4 is 0 Å². The first-order valence-corrected chi connectivity index (χ1v) is 20.1. The topological polar surface area (TPSA) is 27.7 Å². The van der Waals surface area contributed by atoms with E-state index in [1.807, 2.05) is 0 Å². The molecule has 0 radical (unpaired) electrons. The van der Waals surface area contributed by atoms with Gasteiger partial charge in [-0.1, -0.05) is 104 Å². The summed E-state index contributed by atoms with van der Waals surface area (Å²) in [5.41, 5.74) is 2.32. The van der Waals surface area contributed by atoms with Crippen LogP contribution in [-0.4, -0.2) is 39.1 Å². The summed E-state index contributed by atoms with van der Waals surface area (Å²) < 4.78 is 17.5. The summed E-state index contributed by atoms with van der Waals surface area (Å²) in [6.45, 7) is 15.8. The Labute approximate surface area is 275 Å². The third kappa shape index (κ3) is 9.49. The van der Waals surface area contributed by atoms with Crippen LogP contribution in [0, 0.1) is 33.5 Å². The minimum atomic E-state index is 0.483. The molecule has 0 aromatic heterocycles. The third-order valence-electron chi connectivity index (χ3n) is 13.6. The molecule has 0 aromatic rings. The Morgan fingerprint density at radius 3 is 1.36 bits per heavy atom. The van der Waals surface area contributed by atoms with E-state index < -0.39 is 0 Å². The molecule has 3 atom stereocenters. The molecule has 3 unspecified atom stereocenters. The number of rotatable bonds is 8. The van der Waals surface area contributed by atoms with Crippen LogP contribution in [-0.2, 0) is 14.2 Å². The van der Waals surface area contributed by atoms with Crippen LogP contribution in [0.2, 0.25) is 0 Å². The van der Waals surface area contributed by atoms with Crippen LogP contribution in [0.15, 0.2) is 0 Å². The Morgan fingerprint density at radius 1 is 0.500 bits per heavy atom. The van der Waals surface area contributed by atoms with Gasteiger partial charge in [0, 0.05) is 19.8 Å². The zero-order valence-electron chi connectivity index (χ0n) is 30.5. The van der Waals surface area contributed by atoms with Gasteiger partial charge in [-0.25, -0.2) is 0 Å². The summed E-state index contributed by atoms with van der Waals surface area (Å²) in [6, 6.07) is 0. The molecule has 0 saturated heterocycles. The highest BCUT2D eigenvalue weighted by molar-refractivity contribution is 5.16. The van der Waals surface area contributed by atoms with Gasteiger partial charge >= 0.3 is 0 Å². The fraction of sp³-hybridized carbons (Fsp3) is 1.00. The molecule has 44 heavy (non-hydrogen) atoms. The quantitative estimate of drug-likeness (QED) is 0.254. The second kappa shape index (κ2) is 17.9. The lowest BCUT2D eigenvalue weighted by atomic mass is 9.57. The van der Waals surface area contributed by atoms with Crippen molar-refractivity contribution in [2.45, 2.75) is 195 Å². The van der Waals surface area contributed by atoms with E-state index in [2.05, 4.69) is 34.6 Å². The van der Waals surface area contributed by atoms with Crippen molar-refractivity contribution in [1.82, 2.24) is 0 Å². The van der Waals surface area contributed by atoms with E-state index in [1.165, 1.54) is 148 Å². The molecule has 258 valence electrons. The number of hydrogen-bond donors (Lipinski definition) is 0. The maximum absolute atomic E-state index is 6.40. The van der Waals surface area contributed by atoms with Crippen LogP contribution in [0.5, 0.6) is 0 Å². The van der Waals surface area contributed by atoms with Crippen LogP contribution in [0.1, 0.15) is 189 Å². The minimum absolute atomic E-state index is 0.483. The largest absolute Gasteiger partial charge is 0.381 e. The molecule has 2 spiro atoms. The van der Waals surface area contributed by atoms with Gasteiger partial charge in [0.1, 0.15) is 0 Å². The normalized spacial score (nSPS) is 31.7. The fourth-order valence-corrected chi connectivity index (χ4v) is 11.1. The molecule has 0 amide bonds. The molecule has 0 heterocycles. The van der Waals surface area contributed by atoms with E-state index in [0.717, 1.165) is 50.3 Å². The SMILES string of the molecule is CCOC1C2CC(CC23CCCCC3)C12CCCC2.CCOCC1(C)CCCCCC1.CCOCC1(C)CCCCCCC1. The average molecular weight is 617 g/mol. The summed E-state index contributed by atoms with van der Waals surface area (Å²) in [4.78, 5) is 0. The van der Waals surface area contributed by atoms with E-state index >= 15 is 0 Å². The third-order valence-corrected chi connectivity index (χ3v) is 13.6. The van der Waals surface area contributed by atoms with E-state index in [-0.39, 0.29) is 0 Å². The number of hydrogen-bond acceptors (Lipinski definition) is 3. The Balaban J connectivity index is 0.000000157. The molecule has 6 aliphatic rings. The highest BCUT2D eigenvalue weighted by atomic mass is 16.5. The van der Waals surface area contributed by atoms with Gasteiger partial charge in [-0.05, 0) is 118 Å². The molecule has 2 bridgehead atoms. The van der Waals surface area contributed by atoms with E-state index in [9.17, 15) is 0 Å². The van der Waals surface area contributed by atoms with E-state index in [0.29, 0.717) is 22.3 Å². The van der Waals surface area contributed by atoms with Gasteiger partial charge in [0.05, 0.1) is 19.3 Å². The monoisotopic (exact) mass is 617 g/mol. The molecule has 0 aliphatic heterocycles. The van der Waals surface area contributed by atoms with Crippen molar-refractivity contribution in [3.8, 4) is 0 Å². The molecule has 0 aromatic carbocycles. The van der Waals surface area contributed by atoms with Crippen LogP contribution >= 0.6 is 0 Å². The van der Waals surface area contributed by atoms with Gasteiger partial charge in [0.25, 0.3) is 0 Å². The Hall–Kier alpha value is -0.120. The van der Waals surface area contributed by atoms with Crippen LogP contribution in [0.25, 0.3) is 0 Å². The first-order valence-electron chi connectivity index (χ1n) is 20.1. The summed E-state index contributed by atoms with van der Waals surface area (Å²) in [6.07, 6.45) is 35.4. The smallest absolute Gasteiger partial charge is 0.0667 e. The second-order valence-electron chi connectivity index (χ2n) is 17.1. The molecule has 6 rings (SSSR count). The Kier molecular flexibility index (Phi) is 14.9. The van der Waals surface area contributed by atoms with Crippen molar-refractivity contribution in [3.05, 3.63) is 0 Å². The maximum atomic E-state index is 6.40. The second-order valence-corrected chi connectivity index (χ2v) is 17.1. The highest BCUT2D eigenvalue weighted by Crippen LogP contribution is 2.71. The first kappa shape index (κ1) is 36.7. The number of fused-ring (bicyclic) bond motifs is 4. The fourth-order valence-electron chi connectivity index (χ4n) is 11.1. The maximum Gasteiger partial charge on any atom is 0.0667 e. The summed E-state index contributed by atoms with van der Waals surface area (Å²) in [5.74, 6) is 1.95. The number of ether oxygens (including phenoxy) is 3. The van der Waals surface area contributed by atoms with Crippen LogP contribution < -0.4 is 0 Å². The van der Waals surface area contributed by atoms with Crippen molar-refractivity contribution in [2.24, 2.45) is 33.5 Å². The zero-order valence-corrected chi connectivity index (χ0v) is 30.5. The van der Waals surface area contributed by atoms with Crippen LogP contribution in [0.4, 0.5) is 0 Å². The van der Waals surface area contributed by atoms with Gasteiger partial charge in [0.15, 0.2) is 0 Å². The van der Waals surface area contributed by atoms with Crippen molar-refractivity contribution < 1.29 is 14.2 Å². The molecule has 6 fully saturated rings. The van der Waals surface area contributed by atoms with Crippen molar-refractivity contribution in [2.75, 3.05) is 33.0 Å². The Morgan fingerprint density at radius 2 is 0.909 bits per heavy atom. The van der Waals surface area contributed by atoms with Crippen LogP contribution in [0.3, 0.4) is 0 Å². The minimum Gasteiger partial charge on any atom is -0.381 e. The lowest BCUT2D eigenvalue weighted by Crippen LogP contribution is -2.48. The van der Waals surface area contributed by atoms with Gasteiger partial charge in [-0.15, -0.1) is 0 Å². The van der Waals surface area contributed by atoms with Gasteiger partial charge in [0.2, 0.25) is 0 Å². The molecule has 3 nitrogen and oxygen atoms in total. The van der Waals surface area contributed by atoms with Gasteiger partial charge < -0.3 is 14.2 Å². The molecular formula is C41H76O3. The summed E-state index contributed by atoms with van der Waals surface area (Å²) in [5, 5.41) is 0. The summed E-state index contributed by atoms with van der Waals surface area (Å²) in [7, 11) is 0. The highest BCUT2D eigenvalue weighted by Gasteiger charge is 2.66. The summed E-state index contributed by atoms with van der Waals surface area (Å²) >= 11 is 0. The zero-order chi connectivity index (χ0) is 31.4. The van der Waals surface area contributed by atoms with Crippen molar-refractivity contribution in [1.29, 1.82) is 0 Å². The van der Waals surface area contributed by atoms with E-state index in [4.69, 9.17) is 14.2 Å². The predicted octanol–water partition coefficient (Wildman–Crippen LogP) is 12.1. The van der Waals surface area contributed by atoms with E-state index in [1.54, 1.807) is 6.42 Å². The lowest BCUT2D eigenvalue weighted by molar-refractivity contribution is -0.117. The first-order chi connectivity index (χ1) is 21.3. The molecule has 0 N–H and O–H groups in total. The standard InChI is InChI=1S/C18H30O.C12H24O.C11H22O/c1-2-19-16-15-12-14(18(16)10-6-7-11-18)13-17(15)8-4-3-5-9-17;1-3-13-11-12(2)9-7-5-4-6-8-10-12;1-3-12-10-11(2)8-6-4-5-7-9-11/h14-16H,2-13H2,1H3;3-11H2,1-2H3;3-10H2,1-2H3. The molecular weight excluding hydrogens is 540 g/mol. The average Bonchev–Trinajstić information content (AvgIpc) is 3.67. The van der Waals surface area contributed by atoms with Gasteiger partial charge in [-0.3, -0.25) is 0 Å². The Bertz CT molecular complexity index is 757. The van der Waals surface area contributed by atoms with Crippen molar-refractivity contribution in [3.63, 3.8) is 0 Å².